The summed E-state index contributed by atoms with van der Waals surface area (Å²) in [6.45, 7) is 9.78. The van der Waals surface area contributed by atoms with E-state index >= 15 is 0 Å². The molecule has 0 aromatic heterocycles. The summed E-state index contributed by atoms with van der Waals surface area (Å²) in [5.74, 6) is 0.887. The molecular weight excluding hydrogens is 234 g/mol. The van der Waals surface area contributed by atoms with Crippen molar-refractivity contribution in [1.29, 1.82) is 0 Å². The minimum Gasteiger partial charge on any atom is -0.497 e. The molecule has 0 saturated heterocycles. The summed E-state index contributed by atoms with van der Waals surface area (Å²) in [4.78, 5) is 2.32. The van der Waals surface area contributed by atoms with E-state index in [4.69, 9.17) is 4.74 Å². The second kappa shape index (κ2) is 8.20. The van der Waals surface area contributed by atoms with Crippen LogP contribution in [0.15, 0.2) is 60.7 Å². The molecule has 0 atom stereocenters. The summed E-state index contributed by atoms with van der Waals surface area (Å²) < 4.78 is 5.19. The van der Waals surface area contributed by atoms with Gasteiger partial charge in [-0.15, -0.1) is 0 Å². The summed E-state index contributed by atoms with van der Waals surface area (Å²) >= 11 is 0. The third-order valence-corrected chi connectivity index (χ3v) is 3.01. The van der Waals surface area contributed by atoms with Crippen LogP contribution < -0.4 is 9.64 Å². The summed E-state index contributed by atoms with van der Waals surface area (Å²) in [7, 11) is 1.69. The number of methoxy groups -OCH3 is 1. The zero-order chi connectivity index (χ0) is 14.1. The van der Waals surface area contributed by atoms with E-state index in [0.29, 0.717) is 0 Å². The Hall–Kier alpha value is -1.96. The highest BCUT2D eigenvalue weighted by Gasteiger charge is 2.05. The van der Waals surface area contributed by atoms with Crippen LogP contribution in [-0.2, 0) is 0 Å². The van der Waals surface area contributed by atoms with Crippen LogP contribution in [0, 0.1) is 0 Å². The third kappa shape index (κ3) is 4.66. The smallest absolute Gasteiger partial charge is 0.119 e. The minimum absolute atomic E-state index is 0.887. The zero-order valence-electron chi connectivity index (χ0n) is 12.1. The lowest BCUT2D eigenvalue weighted by Gasteiger charge is -2.24. The van der Waals surface area contributed by atoms with E-state index in [9.17, 15) is 0 Å². The molecule has 1 aromatic carbocycles. The van der Waals surface area contributed by atoms with Gasteiger partial charge >= 0.3 is 0 Å². The molecule has 0 aliphatic carbocycles. The Kier molecular flexibility index (Phi) is 6.51. The molecule has 0 bridgehead atoms. The molecule has 0 saturated carbocycles. The van der Waals surface area contributed by atoms with Crippen molar-refractivity contribution in [1.82, 2.24) is 0 Å². The van der Waals surface area contributed by atoms with E-state index < -0.39 is 0 Å². The van der Waals surface area contributed by atoms with Crippen LogP contribution in [0.5, 0.6) is 5.75 Å². The second-order valence-corrected chi connectivity index (χ2v) is 4.17. The van der Waals surface area contributed by atoms with Crippen LogP contribution in [0.2, 0.25) is 0 Å². The Morgan fingerprint density at radius 1 is 1.32 bits per heavy atom. The predicted molar refractivity (Wildman–Crippen MR) is 84.0 cm³/mol. The number of anilines is 1. The molecule has 0 N–H and O–H groups in total. The van der Waals surface area contributed by atoms with Crippen LogP contribution in [0.4, 0.5) is 5.69 Å². The quantitative estimate of drug-likeness (QED) is 0.678. The largest absolute Gasteiger partial charge is 0.497 e. The first-order valence-electron chi connectivity index (χ1n) is 6.58. The first kappa shape index (κ1) is 15.1. The standard InChI is InChI=1S/C17H23NO/c1-5-8-9-15(6-2)14-18(7-3)16-10-12-17(19-4)13-11-16/h5-6,8-13H,1,7,14H2,2-4H3/b9-8-,15-6+. The van der Waals surface area contributed by atoms with Gasteiger partial charge in [-0.25, -0.2) is 0 Å². The third-order valence-electron chi connectivity index (χ3n) is 3.01. The van der Waals surface area contributed by atoms with Gasteiger partial charge in [-0.1, -0.05) is 30.9 Å². The van der Waals surface area contributed by atoms with Crippen molar-refractivity contribution in [3.8, 4) is 5.75 Å². The van der Waals surface area contributed by atoms with E-state index in [1.165, 1.54) is 11.3 Å². The Balaban J connectivity index is 2.81. The average Bonchev–Trinajstić information content (AvgIpc) is 2.48. The molecule has 102 valence electrons. The minimum atomic E-state index is 0.887. The Morgan fingerprint density at radius 3 is 2.47 bits per heavy atom. The molecule has 0 fully saturated rings. The molecule has 0 aliphatic rings. The number of benzene rings is 1. The van der Waals surface area contributed by atoms with E-state index in [0.717, 1.165) is 18.8 Å². The van der Waals surface area contributed by atoms with Gasteiger partial charge in [-0.2, -0.15) is 0 Å². The maximum atomic E-state index is 5.19. The van der Waals surface area contributed by atoms with E-state index in [2.05, 4.69) is 49.6 Å². The van der Waals surface area contributed by atoms with Crippen molar-refractivity contribution in [3.63, 3.8) is 0 Å². The fraction of sp³-hybridized carbons (Fsp3) is 0.294. The summed E-state index contributed by atoms with van der Waals surface area (Å²) in [5.41, 5.74) is 2.48. The molecule has 1 rings (SSSR count). The molecule has 0 radical (unpaired) electrons. The fourth-order valence-corrected chi connectivity index (χ4v) is 1.83. The summed E-state index contributed by atoms with van der Waals surface area (Å²) in [6, 6.07) is 8.17. The maximum absolute atomic E-state index is 5.19. The van der Waals surface area contributed by atoms with Crippen LogP contribution in [0.3, 0.4) is 0 Å². The van der Waals surface area contributed by atoms with Gasteiger partial charge in [0.1, 0.15) is 5.75 Å². The topological polar surface area (TPSA) is 12.5 Å². The molecule has 0 unspecified atom stereocenters. The van der Waals surface area contributed by atoms with Crippen LogP contribution in [0.25, 0.3) is 0 Å². The SMILES string of the molecule is C=C/C=C\C(=C/C)CN(CC)c1ccc(OC)cc1. The lowest BCUT2D eigenvalue weighted by molar-refractivity contribution is 0.415. The number of nitrogens with zero attached hydrogens (tertiary/aromatic N) is 1. The fourth-order valence-electron chi connectivity index (χ4n) is 1.83. The molecular formula is C17H23NO. The molecule has 2 heteroatoms. The molecule has 2 nitrogen and oxygen atoms in total. The molecule has 0 amide bonds. The van der Waals surface area contributed by atoms with Crippen molar-refractivity contribution in [2.45, 2.75) is 13.8 Å². The predicted octanol–water partition coefficient (Wildman–Crippen LogP) is 4.21. The van der Waals surface area contributed by atoms with Gasteiger partial charge in [0.25, 0.3) is 0 Å². The first-order chi connectivity index (χ1) is 9.24. The van der Waals surface area contributed by atoms with Crippen molar-refractivity contribution in [3.05, 3.63) is 60.7 Å². The van der Waals surface area contributed by atoms with Crippen LogP contribution in [-0.4, -0.2) is 20.2 Å². The van der Waals surface area contributed by atoms with Gasteiger partial charge < -0.3 is 9.64 Å². The highest BCUT2D eigenvalue weighted by molar-refractivity contribution is 5.50. The zero-order valence-corrected chi connectivity index (χ0v) is 12.1. The normalized spacial score (nSPS) is 11.6. The maximum Gasteiger partial charge on any atom is 0.119 e. The lowest BCUT2D eigenvalue weighted by Crippen LogP contribution is -2.24. The number of likely N-dealkylation sites (N-methyl/N-ethyl adjacent to an activating group) is 1. The van der Waals surface area contributed by atoms with Gasteiger partial charge in [0.2, 0.25) is 0 Å². The van der Waals surface area contributed by atoms with Gasteiger partial charge in [0, 0.05) is 18.8 Å². The Morgan fingerprint density at radius 2 is 2.00 bits per heavy atom. The first-order valence-corrected chi connectivity index (χ1v) is 6.58. The number of ether oxygens (including phenoxy) is 1. The van der Waals surface area contributed by atoms with Crippen LogP contribution >= 0.6 is 0 Å². The highest BCUT2D eigenvalue weighted by atomic mass is 16.5. The number of hydrogen-bond donors (Lipinski definition) is 0. The molecule has 1 aromatic rings. The summed E-state index contributed by atoms with van der Waals surface area (Å²) in [6.07, 6.45) is 8.00. The van der Waals surface area contributed by atoms with Crippen molar-refractivity contribution in [2.75, 3.05) is 25.1 Å². The van der Waals surface area contributed by atoms with E-state index in [1.807, 2.05) is 18.2 Å². The summed E-state index contributed by atoms with van der Waals surface area (Å²) in [5, 5.41) is 0. The second-order valence-electron chi connectivity index (χ2n) is 4.17. The average molecular weight is 257 g/mol. The van der Waals surface area contributed by atoms with Crippen molar-refractivity contribution < 1.29 is 4.74 Å². The Labute approximate surface area is 116 Å². The highest BCUT2D eigenvalue weighted by Crippen LogP contribution is 2.20. The lowest BCUT2D eigenvalue weighted by atomic mass is 10.2. The van der Waals surface area contributed by atoms with Gasteiger partial charge in [-0.3, -0.25) is 0 Å². The van der Waals surface area contributed by atoms with Crippen molar-refractivity contribution in [2.24, 2.45) is 0 Å². The molecule has 0 heterocycles. The van der Waals surface area contributed by atoms with Crippen LogP contribution in [0.1, 0.15) is 13.8 Å². The van der Waals surface area contributed by atoms with Gasteiger partial charge in [0.15, 0.2) is 0 Å². The molecule has 0 spiro atoms. The van der Waals surface area contributed by atoms with E-state index in [1.54, 1.807) is 13.2 Å². The monoisotopic (exact) mass is 257 g/mol. The van der Waals surface area contributed by atoms with Gasteiger partial charge in [0.05, 0.1) is 7.11 Å². The molecule has 19 heavy (non-hydrogen) atoms. The number of allylic oxidation sites excluding steroid dienone is 3. The van der Waals surface area contributed by atoms with Crippen molar-refractivity contribution >= 4 is 5.69 Å². The van der Waals surface area contributed by atoms with Gasteiger partial charge in [-0.05, 0) is 43.7 Å². The molecule has 0 aliphatic heterocycles. The number of rotatable bonds is 7. The Bertz CT molecular complexity index is 443. The number of hydrogen-bond acceptors (Lipinski definition) is 2. The van der Waals surface area contributed by atoms with E-state index in [-0.39, 0.29) is 0 Å².